The molecule has 78 valence electrons. The fourth-order valence-corrected chi connectivity index (χ4v) is 3.13. The van der Waals surface area contributed by atoms with Crippen molar-refractivity contribution in [1.82, 2.24) is 4.31 Å². The van der Waals surface area contributed by atoms with Gasteiger partial charge in [-0.2, -0.15) is 0 Å². The predicted octanol–water partition coefficient (Wildman–Crippen LogP) is 2.82. The summed E-state index contributed by atoms with van der Waals surface area (Å²) < 4.78 is 2.02. The van der Waals surface area contributed by atoms with Crippen molar-refractivity contribution in [3.8, 4) is 0 Å². The molecule has 0 spiro atoms. The molecule has 1 aliphatic carbocycles. The van der Waals surface area contributed by atoms with Gasteiger partial charge in [-0.1, -0.05) is 19.8 Å². The lowest BCUT2D eigenvalue weighted by molar-refractivity contribution is -0.116. The van der Waals surface area contributed by atoms with Crippen molar-refractivity contribution >= 4 is 17.1 Å². The van der Waals surface area contributed by atoms with Crippen molar-refractivity contribution in [2.75, 3.05) is 6.54 Å². The van der Waals surface area contributed by atoms with E-state index in [9.17, 15) is 4.79 Å². The van der Waals surface area contributed by atoms with Gasteiger partial charge in [0.15, 0.2) is 0 Å². The second kappa shape index (κ2) is 4.39. The molecule has 0 radical (unpaired) electrons. The molecular formula is C11H17NOS. The average Bonchev–Trinajstić information content (AvgIpc) is 2.12. The van der Waals surface area contributed by atoms with Gasteiger partial charge in [0.05, 0.1) is 0 Å². The Bertz CT molecular complexity index is 252. The van der Waals surface area contributed by atoms with Crippen LogP contribution in [0.25, 0.3) is 0 Å². The minimum Gasteiger partial charge on any atom is -0.313 e. The molecule has 1 saturated carbocycles. The van der Waals surface area contributed by atoms with Gasteiger partial charge >= 0.3 is 0 Å². The Labute approximate surface area is 89.9 Å². The van der Waals surface area contributed by atoms with E-state index in [1.54, 1.807) is 0 Å². The van der Waals surface area contributed by atoms with Crippen LogP contribution in [0.4, 0.5) is 0 Å². The van der Waals surface area contributed by atoms with Crippen LogP contribution in [0.2, 0.25) is 0 Å². The van der Waals surface area contributed by atoms with Gasteiger partial charge in [0.25, 0.3) is 0 Å². The Hall–Kier alpha value is -0.440. The molecule has 0 aromatic heterocycles. The van der Waals surface area contributed by atoms with Gasteiger partial charge < -0.3 is 4.31 Å². The van der Waals surface area contributed by atoms with E-state index >= 15 is 0 Å². The molecule has 1 heterocycles. The first-order valence-corrected chi connectivity index (χ1v) is 6.20. The number of nitrogens with zero attached hydrogens (tertiary/aromatic N) is 1. The predicted molar refractivity (Wildman–Crippen MR) is 59.6 cm³/mol. The van der Waals surface area contributed by atoms with Crippen molar-refractivity contribution < 1.29 is 4.79 Å². The molecular weight excluding hydrogens is 194 g/mol. The molecule has 0 bridgehead atoms. The standard InChI is InChI=1S/C11H17NOS/c1-9-5-2-3-6-10(9)11(13)14-12-7-4-8-12/h4,7,9-10H,2-3,5-6,8H2,1H3/t9-,10?/m1/s1. The van der Waals surface area contributed by atoms with Crippen LogP contribution in [-0.4, -0.2) is 16.0 Å². The maximum absolute atomic E-state index is 11.9. The smallest absolute Gasteiger partial charge is 0.212 e. The lowest BCUT2D eigenvalue weighted by atomic mass is 9.81. The van der Waals surface area contributed by atoms with E-state index in [0.29, 0.717) is 17.0 Å². The largest absolute Gasteiger partial charge is 0.313 e. The van der Waals surface area contributed by atoms with Gasteiger partial charge in [0.1, 0.15) is 0 Å². The van der Waals surface area contributed by atoms with Crippen molar-refractivity contribution in [3.63, 3.8) is 0 Å². The molecule has 1 aliphatic heterocycles. The highest BCUT2D eigenvalue weighted by Gasteiger charge is 2.29. The summed E-state index contributed by atoms with van der Waals surface area (Å²) >= 11 is 1.40. The highest BCUT2D eigenvalue weighted by molar-refractivity contribution is 8.11. The summed E-state index contributed by atoms with van der Waals surface area (Å²) in [6.07, 6.45) is 8.92. The van der Waals surface area contributed by atoms with Crippen LogP contribution in [0.1, 0.15) is 32.6 Å². The summed E-state index contributed by atoms with van der Waals surface area (Å²) in [7, 11) is 0. The summed E-state index contributed by atoms with van der Waals surface area (Å²) in [6, 6.07) is 0. The van der Waals surface area contributed by atoms with Crippen LogP contribution >= 0.6 is 11.9 Å². The van der Waals surface area contributed by atoms with Crippen molar-refractivity contribution in [2.24, 2.45) is 11.8 Å². The average molecular weight is 211 g/mol. The van der Waals surface area contributed by atoms with Crippen molar-refractivity contribution in [3.05, 3.63) is 12.3 Å². The third-order valence-electron chi connectivity index (χ3n) is 3.18. The van der Waals surface area contributed by atoms with Crippen LogP contribution < -0.4 is 0 Å². The first kappa shape index (κ1) is 10.1. The molecule has 1 unspecified atom stereocenters. The molecule has 0 N–H and O–H groups in total. The zero-order valence-electron chi connectivity index (χ0n) is 8.61. The van der Waals surface area contributed by atoms with Crippen molar-refractivity contribution in [1.29, 1.82) is 0 Å². The molecule has 2 rings (SSSR count). The Morgan fingerprint density at radius 3 is 2.71 bits per heavy atom. The van der Waals surface area contributed by atoms with Gasteiger partial charge in [-0.3, -0.25) is 4.79 Å². The van der Waals surface area contributed by atoms with Gasteiger partial charge in [0.2, 0.25) is 5.12 Å². The molecule has 0 saturated heterocycles. The van der Waals surface area contributed by atoms with Crippen LogP contribution in [0.15, 0.2) is 12.3 Å². The molecule has 0 amide bonds. The zero-order chi connectivity index (χ0) is 9.97. The maximum atomic E-state index is 11.9. The Morgan fingerprint density at radius 1 is 1.43 bits per heavy atom. The first-order valence-electron chi connectivity index (χ1n) is 5.42. The minimum atomic E-state index is 0.308. The van der Waals surface area contributed by atoms with E-state index in [-0.39, 0.29) is 0 Å². The fraction of sp³-hybridized carbons (Fsp3) is 0.727. The molecule has 2 aliphatic rings. The summed E-state index contributed by atoms with van der Waals surface area (Å²) in [5, 5.41) is 0.376. The number of carbonyl (C=O) groups is 1. The van der Waals surface area contributed by atoms with Gasteiger partial charge in [0, 0.05) is 30.6 Å². The molecule has 1 fully saturated rings. The fourth-order valence-electron chi connectivity index (χ4n) is 2.11. The minimum absolute atomic E-state index is 0.308. The van der Waals surface area contributed by atoms with Crippen LogP contribution in [0, 0.1) is 11.8 Å². The van der Waals surface area contributed by atoms with Gasteiger partial charge in [-0.15, -0.1) is 0 Å². The first-order chi connectivity index (χ1) is 6.77. The highest BCUT2D eigenvalue weighted by atomic mass is 32.2. The number of hydrogen-bond donors (Lipinski definition) is 0. The maximum Gasteiger partial charge on any atom is 0.212 e. The number of rotatable bonds is 2. The SMILES string of the molecule is C[C@@H]1CCCCC1C(=O)SN1C=CC1. The Morgan fingerprint density at radius 2 is 2.14 bits per heavy atom. The van der Waals surface area contributed by atoms with E-state index in [0.717, 1.165) is 13.0 Å². The van der Waals surface area contributed by atoms with Gasteiger partial charge in [-0.05, 0) is 24.8 Å². The zero-order valence-corrected chi connectivity index (χ0v) is 9.43. The molecule has 0 aromatic carbocycles. The second-order valence-electron chi connectivity index (χ2n) is 4.26. The lowest BCUT2D eigenvalue weighted by Crippen LogP contribution is -2.27. The Balaban J connectivity index is 1.85. The number of carbonyl (C=O) groups excluding carboxylic acids is 1. The summed E-state index contributed by atoms with van der Waals surface area (Å²) in [5.41, 5.74) is 0. The third-order valence-corrected chi connectivity index (χ3v) is 4.17. The molecule has 14 heavy (non-hydrogen) atoms. The van der Waals surface area contributed by atoms with E-state index in [2.05, 4.69) is 13.0 Å². The van der Waals surface area contributed by atoms with E-state index in [1.165, 1.54) is 31.2 Å². The molecule has 2 atom stereocenters. The topological polar surface area (TPSA) is 20.3 Å². The van der Waals surface area contributed by atoms with Crippen LogP contribution in [-0.2, 0) is 4.79 Å². The van der Waals surface area contributed by atoms with Crippen molar-refractivity contribution in [2.45, 2.75) is 32.6 Å². The van der Waals surface area contributed by atoms with Crippen LogP contribution in [0.3, 0.4) is 0 Å². The quantitative estimate of drug-likeness (QED) is 0.655. The normalized spacial score (nSPS) is 31.4. The summed E-state index contributed by atoms with van der Waals surface area (Å²) in [4.78, 5) is 11.9. The van der Waals surface area contributed by atoms with E-state index < -0.39 is 0 Å². The van der Waals surface area contributed by atoms with Gasteiger partial charge in [-0.25, -0.2) is 0 Å². The molecule has 3 heteroatoms. The number of hydrogen-bond acceptors (Lipinski definition) is 3. The molecule has 0 aromatic rings. The van der Waals surface area contributed by atoms with E-state index in [4.69, 9.17) is 0 Å². The summed E-state index contributed by atoms with van der Waals surface area (Å²) in [5.74, 6) is 0.900. The molecule has 2 nitrogen and oxygen atoms in total. The lowest BCUT2D eigenvalue weighted by Gasteiger charge is -2.30. The second-order valence-corrected chi connectivity index (χ2v) is 5.32. The highest BCUT2D eigenvalue weighted by Crippen LogP contribution is 2.34. The van der Waals surface area contributed by atoms with Crippen LogP contribution in [0.5, 0.6) is 0 Å². The van der Waals surface area contributed by atoms with E-state index in [1.807, 2.05) is 10.5 Å². The summed E-state index contributed by atoms with van der Waals surface area (Å²) in [6.45, 7) is 3.14. The monoisotopic (exact) mass is 211 g/mol. The third kappa shape index (κ3) is 2.14. The Kier molecular flexibility index (Phi) is 3.16.